The Morgan fingerprint density at radius 2 is 1.93 bits per heavy atom. The fourth-order valence-corrected chi connectivity index (χ4v) is 5.97. The van der Waals surface area contributed by atoms with E-state index in [1.165, 1.54) is 12.1 Å². The van der Waals surface area contributed by atoms with Gasteiger partial charge in [0.2, 0.25) is 5.91 Å². The van der Waals surface area contributed by atoms with Crippen LogP contribution in [0.25, 0.3) is 27.7 Å². The van der Waals surface area contributed by atoms with Gasteiger partial charge in [0, 0.05) is 25.8 Å². The molecule has 1 N–H and O–H groups in total. The monoisotopic (exact) mass is 591 g/mol. The van der Waals surface area contributed by atoms with E-state index in [0.717, 1.165) is 16.7 Å². The number of ether oxygens (including phenoxy) is 1. The molecule has 0 aliphatic carbocycles. The zero-order chi connectivity index (χ0) is 30.7. The van der Waals surface area contributed by atoms with Crippen molar-refractivity contribution < 1.29 is 27.8 Å². The molecule has 222 valence electrons. The molecule has 1 fully saturated rings. The minimum atomic E-state index is -1.28. The van der Waals surface area contributed by atoms with E-state index in [4.69, 9.17) is 4.74 Å². The van der Waals surface area contributed by atoms with Crippen LogP contribution in [0, 0.1) is 24.4 Å². The number of amides is 1. The topological polar surface area (TPSA) is 101 Å². The molecule has 43 heavy (non-hydrogen) atoms. The van der Waals surface area contributed by atoms with Crippen LogP contribution in [0.5, 0.6) is 11.5 Å². The van der Waals surface area contributed by atoms with Crippen LogP contribution in [-0.4, -0.2) is 62.7 Å². The van der Waals surface area contributed by atoms with Gasteiger partial charge in [-0.2, -0.15) is 4.98 Å². The fraction of sp³-hybridized carbons (Fsp3) is 0.290. The van der Waals surface area contributed by atoms with Gasteiger partial charge in [0.15, 0.2) is 17.4 Å². The van der Waals surface area contributed by atoms with E-state index in [1.54, 1.807) is 29.0 Å². The number of carbonyl (C=O) groups is 1. The molecule has 2 aliphatic rings. The molecule has 1 atom stereocenters. The van der Waals surface area contributed by atoms with E-state index in [0.29, 0.717) is 11.3 Å². The molecule has 4 aromatic rings. The number of aryl methyl sites for hydroxylation is 1. The minimum absolute atomic E-state index is 0.0193. The Bertz CT molecular complexity index is 1870. The number of piperazine rings is 1. The second-order valence-corrected chi connectivity index (χ2v) is 10.9. The Morgan fingerprint density at radius 3 is 2.63 bits per heavy atom. The van der Waals surface area contributed by atoms with Crippen LogP contribution in [0.3, 0.4) is 0 Å². The van der Waals surface area contributed by atoms with E-state index in [1.807, 2.05) is 13.8 Å². The van der Waals surface area contributed by atoms with E-state index in [-0.39, 0.29) is 55.0 Å². The summed E-state index contributed by atoms with van der Waals surface area (Å²) in [6.45, 7) is 9.40. The van der Waals surface area contributed by atoms with Gasteiger partial charge in [0.1, 0.15) is 29.5 Å². The lowest BCUT2D eigenvalue weighted by molar-refractivity contribution is -0.126. The summed E-state index contributed by atoms with van der Waals surface area (Å²) in [4.78, 5) is 38.4. The van der Waals surface area contributed by atoms with Crippen molar-refractivity contribution in [2.45, 2.75) is 32.7 Å². The molecule has 12 heteroatoms. The lowest BCUT2D eigenvalue weighted by Gasteiger charge is -2.40. The predicted octanol–water partition coefficient (Wildman–Crippen LogP) is 4.60. The van der Waals surface area contributed by atoms with Crippen LogP contribution in [0.2, 0.25) is 0 Å². The third-order valence-corrected chi connectivity index (χ3v) is 7.98. The molecule has 1 saturated heterocycles. The number of aromatic nitrogens is 3. The number of pyridine rings is 1. The quantitative estimate of drug-likeness (QED) is 0.347. The van der Waals surface area contributed by atoms with Gasteiger partial charge in [0.25, 0.3) is 0 Å². The summed E-state index contributed by atoms with van der Waals surface area (Å²) < 4.78 is 55.7. The van der Waals surface area contributed by atoms with Crippen molar-refractivity contribution in [1.29, 1.82) is 0 Å². The molecule has 0 radical (unpaired) electrons. The smallest absolute Gasteiger partial charge is 0.354 e. The van der Waals surface area contributed by atoms with Gasteiger partial charge in [-0.05, 0) is 42.7 Å². The normalized spacial score (nSPS) is 16.2. The van der Waals surface area contributed by atoms with Gasteiger partial charge in [-0.15, -0.1) is 0 Å². The summed E-state index contributed by atoms with van der Waals surface area (Å²) in [6, 6.07) is 4.36. The van der Waals surface area contributed by atoms with Crippen molar-refractivity contribution >= 4 is 22.6 Å². The minimum Gasteiger partial charge on any atom is -0.507 e. The lowest BCUT2D eigenvalue weighted by Crippen LogP contribution is -2.56. The number of halogens is 3. The number of aromatic hydroxyl groups is 1. The number of fused-ring (bicyclic) bond motifs is 2. The predicted molar refractivity (Wildman–Crippen MR) is 154 cm³/mol. The number of anilines is 1. The molecule has 1 amide bonds. The van der Waals surface area contributed by atoms with E-state index in [2.05, 4.69) is 16.5 Å². The highest BCUT2D eigenvalue weighted by Gasteiger charge is 2.39. The first-order valence-corrected chi connectivity index (χ1v) is 13.8. The zero-order valence-electron chi connectivity index (χ0n) is 23.7. The summed E-state index contributed by atoms with van der Waals surface area (Å²) in [6.07, 6.45) is 2.75. The molecule has 2 aromatic carbocycles. The van der Waals surface area contributed by atoms with Crippen molar-refractivity contribution in [1.82, 2.24) is 19.4 Å². The number of carbonyl (C=O) groups excluding carboxylic acids is 1. The average molecular weight is 592 g/mol. The van der Waals surface area contributed by atoms with Gasteiger partial charge in [-0.3, -0.25) is 14.3 Å². The highest BCUT2D eigenvalue weighted by molar-refractivity contribution is 6.01. The first-order chi connectivity index (χ1) is 20.5. The first kappa shape index (κ1) is 28.3. The van der Waals surface area contributed by atoms with Crippen molar-refractivity contribution in [2.75, 3.05) is 31.1 Å². The Kier molecular flexibility index (Phi) is 6.86. The SMILES string of the molecule is C=CC(=O)N1CCN2c3nc(=O)n(-c4c(C)ccnc4C(C)C)c4c(F)c(-c5c(O)cccc5F)c(F)c(c34)OCC2C1. The van der Waals surface area contributed by atoms with Crippen molar-refractivity contribution in [3.63, 3.8) is 0 Å². The molecule has 0 saturated carbocycles. The Morgan fingerprint density at radius 1 is 1.16 bits per heavy atom. The maximum Gasteiger partial charge on any atom is 0.354 e. The summed E-state index contributed by atoms with van der Waals surface area (Å²) in [5.41, 5.74) is -1.58. The Hall–Kier alpha value is -4.87. The fourth-order valence-electron chi connectivity index (χ4n) is 5.97. The second kappa shape index (κ2) is 10.4. The molecule has 0 spiro atoms. The largest absolute Gasteiger partial charge is 0.507 e. The van der Waals surface area contributed by atoms with Crippen molar-refractivity contribution in [3.05, 3.63) is 82.3 Å². The summed E-state index contributed by atoms with van der Waals surface area (Å²) >= 11 is 0. The van der Waals surface area contributed by atoms with Crippen LogP contribution in [0.1, 0.15) is 31.0 Å². The number of phenols is 1. The molecule has 6 rings (SSSR count). The number of hydrogen-bond acceptors (Lipinski definition) is 7. The molecule has 4 heterocycles. The van der Waals surface area contributed by atoms with Gasteiger partial charge >= 0.3 is 5.69 Å². The van der Waals surface area contributed by atoms with Crippen LogP contribution in [0.4, 0.5) is 19.0 Å². The Labute approximate surface area is 244 Å². The average Bonchev–Trinajstić information content (AvgIpc) is 3.13. The first-order valence-electron chi connectivity index (χ1n) is 13.8. The molecule has 2 aromatic heterocycles. The van der Waals surface area contributed by atoms with Crippen LogP contribution in [-0.2, 0) is 4.79 Å². The highest BCUT2D eigenvalue weighted by atomic mass is 19.1. The highest BCUT2D eigenvalue weighted by Crippen LogP contribution is 2.47. The standard InChI is InChI=1S/C31H28F3N5O4/c1-5-20(41)37-11-12-38-17(13-37)14-43-29-23-28(24(33)22(25(29)34)21-18(32)7-6-8-19(21)40)39(31(42)36-30(23)38)27-16(4)9-10-35-26(27)15(2)3/h5-10,15,17,40H,1,11-14H2,2-4H3. The molecule has 9 nitrogen and oxygen atoms in total. The van der Waals surface area contributed by atoms with Crippen LogP contribution >= 0.6 is 0 Å². The van der Waals surface area contributed by atoms with Crippen LogP contribution < -0.4 is 15.3 Å². The summed E-state index contributed by atoms with van der Waals surface area (Å²) in [5, 5.41) is 10.4. The van der Waals surface area contributed by atoms with Gasteiger partial charge in [-0.1, -0.05) is 26.5 Å². The summed E-state index contributed by atoms with van der Waals surface area (Å²) in [7, 11) is 0. The maximum absolute atomic E-state index is 17.0. The van der Waals surface area contributed by atoms with E-state index in [9.17, 15) is 14.7 Å². The summed E-state index contributed by atoms with van der Waals surface area (Å²) in [5.74, 6) is -5.29. The number of hydrogen-bond donors (Lipinski definition) is 1. The molecule has 1 unspecified atom stereocenters. The molecule has 0 bridgehead atoms. The van der Waals surface area contributed by atoms with Crippen molar-refractivity contribution in [3.8, 4) is 28.3 Å². The molecular weight excluding hydrogens is 563 g/mol. The number of benzene rings is 2. The lowest BCUT2D eigenvalue weighted by atomic mass is 9.98. The number of rotatable bonds is 4. The molecule has 2 aliphatic heterocycles. The van der Waals surface area contributed by atoms with Crippen molar-refractivity contribution in [2.24, 2.45) is 0 Å². The second-order valence-electron chi connectivity index (χ2n) is 10.9. The van der Waals surface area contributed by atoms with Gasteiger partial charge in [0.05, 0.1) is 33.9 Å². The van der Waals surface area contributed by atoms with Crippen LogP contribution in [0.15, 0.2) is 47.9 Å². The molecular formula is C31H28F3N5O4. The van der Waals surface area contributed by atoms with Gasteiger partial charge in [-0.25, -0.2) is 18.0 Å². The maximum atomic E-state index is 17.0. The van der Waals surface area contributed by atoms with E-state index < -0.39 is 57.3 Å². The number of phenolic OH excluding ortho intramolecular Hbond substituents is 1. The third kappa shape index (κ3) is 4.31. The van der Waals surface area contributed by atoms with Gasteiger partial charge < -0.3 is 19.6 Å². The third-order valence-electron chi connectivity index (χ3n) is 7.98. The Balaban J connectivity index is 1.76. The zero-order valence-corrected chi connectivity index (χ0v) is 23.7. The number of nitrogens with zero attached hydrogens (tertiary/aromatic N) is 5. The van der Waals surface area contributed by atoms with E-state index >= 15 is 13.2 Å².